The van der Waals surface area contributed by atoms with Crippen LogP contribution < -0.4 is 0 Å². The van der Waals surface area contributed by atoms with Gasteiger partial charge in [-0.2, -0.15) is 0 Å². The quantitative estimate of drug-likeness (QED) is 0.786. The standard InChI is InChI=1S/C13H18ClNO3S/c1-4-10(2)9-15(3)13(16)11-7-5-6-8-12(11)19(14,17)18/h5-8,10H,4,9H2,1-3H3. The molecule has 19 heavy (non-hydrogen) atoms. The van der Waals surface area contributed by atoms with E-state index in [9.17, 15) is 13.2 Å². The average Bonchev–Trinajstić information content (AvgIpc) is 2.36. The molecule has 0 radical (unpaired) electrons. The van der Waals surface area contributed by atoms with E-state index in [0.717, 1.165) is 6.42 Å². The van der Waals surface area contributed by atoms with Crippen LogP contribution in [0.5, 0.6) is 0 Å². The minimum atomic E-state index is -3.92. The van der Waals surface area contributed by atoms with Crippen LogP contribution in [0, 0.1) is 5.92 Å². The lowest BCUT2D eigenvalue weighted by Crippen LogP contribution is -2.31. The van der Waals surface area contributed by atoms with Gasteiger partial charge >= 0.3 is 0 Å². The fourth-order valence-corrected chi connectivity index (χ4v) is 2.80. The second-order valence-corrected chi connectivity index (χ2v) is 7.17. The number of amides is 1. The van der Waals surface area contributed by atoms with E-state index < -0.39 is 9.05 Å². The maximum atomic E-state index is 12.3. The predicted molar refractivity (Wildman–Crippen MR) is 75.9 cm³/mol. The van der Waals surface area contributed by atoms with Gasteiger partial charge in [0, 0.05) is 24.3 Å². The van der Waals surface area contributed by atoms with E-state index in [-0.39, 0.29) is 16.4 Å². The molecular weight excluding hydrogens is 286 g/mol. The van der Waals surface area contributed by atoms with Crippen LogP contribution >= 0.6 is 10.7 Å². The summed E-state index contributed by atoms with van der Waals surface area (Å²) in [5.41, 5.74) is 0.114. The van der Waals surface area contributed by atoms with Crippen molar-refractivity contribution in [2.24, 2.45) is 5.92 Å². The Morgan fingerprint density at radius 3 is 2.47 bits per heavy atom. The molecule has 0 aliphatic heterocycles. The van der Waals surface area contributed by atoms with Crippen LogP contribution in [0.4, 0.5) is 0 Å². The highest BCUT2D eigenvalue weighted by molar-refractivity contribution is 8.13. The summed E-state index contributed by atoms with van der Waals surface area (Å²) in [6, 6.07) is 5.98. The van der Waals surface area contributed by atoms with Crippen molar-refractivity contribution in [3.63, 3.8) is 0 Å². The molecule has 1 aromatic rings. The lowest BCUT2D eigenvalue weighted by Gasteiger charge is -2.21. The largest absolute Gasteiger partial charge is 0.341 e. The Labute approximate surface area is 118 Å². The third-order valence-corrected chi connectivity index (χ3v) is 4.39. The van der Waals surface area contributed by atoms with Crippen molar-refractivity contribution in [1.82, 2.24) is 4.90 Å². The van der Waals surface area contributed by atoms with Gasteiger partial charge < -0.3 is 4.90 Å². The van der Waals surface area contributed by atoms with E-state index in [1.54, 1.807) is 19.2 Å². The molecule has 6 heteroatoms. The molecule has 1 atom stereocenters. The molecule has 0 saturated heterocycles. The van der Waals surface area contributed by atoms with E-state index in [1.807, 2.05) is 13.8 Å². The molecule has 4 nitrogen and oxygen atoms in total. The van der Waals surface area contributed by atoms with E-state index >= 15 is 0 Å². The number of carbonyl (C=O) groups excluding carboxylic acids is 1. The van der Waals surface area contributed by atoms with Crippen molar-refractivity contribution >= 4 is 25.6 Å². The van der Waals surface area contributed by atoms with E-state index in [0.29, 0.717) is 12.5 Å². The number of rotatable bonds is 5. The van der Waals surface area contributed by atoms with Crippen molar-refractivity contribution in [1.29, 1.82) is 0 Å². The fraction of sp³-hybridized carbons (Fsp3) is 0.462. The Balaban J connectivity index is 3.07. The number of benzene rings is 1. The zero-order chi connectivity index (χ0) is 14.6. The Kier molecular flexibility index (Phi) is 5.38. The van der Waals surface area contributed by atoms with Crippen LogP contribution in [-0.4, -0.2) is 32.8 Å². The minimum Gasteiger partial charge on any atom is -0.341 e. The van der Waals surface area contributed by atoms with Gasteiger partial charge in [0.1, 0.15) is 0 Å². The molecule has 0 N–H and O–H groups in total. The monoisotopic (exact) mass is 303 g/mol. The third kappa shape index (κ3) is 4.21. The highest BCUT2D eigenvalue weighted by Crippen LogP contribution is 2.21. The molecule has 0 heterocycles. The first-order valence-electron chi connectivity index (χ1n) is 6.06. The van der Waals surface area contributed by atoms with Gasteiger partial charge in [-0.3, -0.25) is 4.79 Å². The van der Waals surface area contributed by atoms with Crippen molar-refractivity contribution < 1.29 is 13.2 Å². The maximum absolute atomic E-state index is 12.3. The molecule has 106 valence electrons. The van der Waals surface area contributed by atoms with Gasteiger partial charge in [-0.1, -0.05) is 32.4 Å². The first kappa shape index (κ1) is 16.0. The summed E-state index contributed by atoms with van der Waals surface area (Å²) in [6.45, 7) is 4.65. The third-order valence-electron chi connectivity index (χ3n) is 3.01. The predicted octanol–water partition coefficient (Wildman–Crippen LogP) is 2.73. The highest BCUT2D eigenvalue weighted by Gasteiger charge is 2.22. The zero-order valence-corrected chi connectivity index (χ0v) is 12.8. The number of carbonyl (C=O) groups is 1. The summed E-state index contributed by atoms with van der Waals surface area (Å²) in [4.78, 5) is 13.6. The van der Waals surface area contributed by atoms with Gasteiger partial charge in [-0.15, -0.1) is 0 Å². The lowest BCUT2D eigenvalue weighted by molar-refractivity contribution is 0.0771. The molecule has 0 aromatic heterocycles. The van der Waals surface area contributed by atoms with E-state index in [1.165, 1.54) is 17.0 Å². The number of hydrogen-bond acceptors (Lipinski definition) is 3. The van der Waals surface area contributed by atoms with Gasteiger partial charge in [0.2, 0.25) is 0 Å². The molecule has 0 aliphatic rings. The molecule has 0 bridgehead atoms. The Morgan fingerprint density at radius 2 is 1.95 bits per heavy atom. The highest BCUT2D eigenvalue weighted by atomic mass is 35.7. The number of halogens is 1. The Morgan fingerprint density at radius 1 is 1.37 bits per heavy atom. The minimum absolute atomic E-state index is 0.114. The Hall–Kier alpha value is -1.07. The average molecular weight is 304 g/mol. The molecule has 0 spiro atoms. The van der Waals surface area contributed by atoms with Crippen LogP contribution in [0.2, 0.25) is 0 Å². The van der Waals surface area contributed by atoms with Crippen molar-refractivity contribution in [3.8, 4) is 0 Å². The number of nitrogens with zero attached hydrogens (tertiary/aromatic N) is 1. The summed E-state index contributed by atoms with van der Waals surface area (Å²) in [6.07, 6.45) is 0.951. The molecule has 0 aliphatic carbocycles. The maximum Gasteiger partial charge on any atom is 0.262 e. The zero-order valence-electron chi connectivity index (χ0n) is 11.3. The molecule has 0 fully saturated rings. The van der Waals surface area contributed by atoms with Crippen LogP contribution in [0.1, 0.15) is 30.6 Å². The van der Waals surface area contributed by atoms with Crippen LogP contribution in [0.15, 0.2) is 29.2 Å². The summed E-state index contributed by atoms with van der Waals surface area (Å²) < 4.78 is 22.9. The van der Waals surface area contributed by atoms with Crippen LogP contribution in [-0.2, 0) is 9.05 Å². The Bertz CT molecular complexity index is 557. The van der Waals surface area contributed by atoms with Crippen LogP contribution in [0.25, 0.3) is 0 Å². The second kappa shape index (κ2) is 6.39. The summed E-state index contributed by atoms with van der Waals surface area (Å²) in [5.74, 6) is 0.0221. The summed E-state index contributed by atoms with van der Waals surface area (Å²) >= 11 is 0. The van der Waals surface area contributed by atoms with Gasteiger partial charge in [-0.25, -0.2) is 8.42 Å². The van der Waals surface area contributed by atoms with Crippen molar-refractivity contribution in [2.45, 2.75) is 25.2 Å². The molecule has 1 unspecified atom stereocenters. The summed E-state index contributed by atoms with van der Waals surface area (Å²) in [7, 11) is 3.08. The van der Waals surface area contributed by atoms with Gasteiger partial charge in [-0.05, 0) is 18.1 Å². The SMILES string of the molecule is CCC(C)CN(C)C(=O)c1ccccc1S(=O)(=O)Cl. The molecule has 1 aromatic carbocycles. The first-order valence-corrected chi connectivity index (χ1v) is 8.37. The molecule has 0 saturated carbocycles. The lowest BCUT2D eigenvalue weighted by atomic mass is 10.1. The smallest absolute Gasteiger partial charge is 0.262 e. The van der Waals surface area contributed by atoms with Gasteiger partial charge in [0.05, 0.1) is 10.5 Å². The normalized spacial score (nSPS) is 13.1. The van der Waals surface area contributed by atoms with Crippen LogP contribution in [0.3, 0.4) is 0 Å². The van der Waals surface area contributed by atoms with E-state index in [2.05, 4.69) is 0 Å². The van der Waals surface area contributed by atoms with Crippen molar-refractivity contribution in [2.75, 3.05) is 13.6 Å². The summed E-state index contributed by atoms with van der Waals surface area (Å²) in [5, 5.41) is 0. The second-order valence-electron chi connectivity index (χ2n) is 4.63. The topological polar surface area (TPSA) is 54.5 Å². The first-order chi connectivity index (χ1) is 8.77. The molecule has 1 rings (SSSR count). The van der Waals surface area contributed by atoms with E-state index in [4.69, 9.17) is 10.7 Å². The fourth-order valence-electron chi connectivity index (χ4n) is 1.74. The van der Waals surface area contributed by atoms with Gasteiger partial charge in [0.15, 0.2) is 0 Å². The molecular formula is C13H18ClNO3S. The number of hydrogen-bond donors (Lipinski definition) is 0. The molecule has 1 amide bonds. The van der Waals surface area contributed by atoms with Gasteiger partial charge in [0.25, 0.3) is 15.0 Å². The van der Waals surface area contributed by atoms with Crippen molar-refractivity contribution in [3.05, 3.63) is 29.8 Å².